The molecule has 0 bridgehead atoms. The summed E-state index contributed by atoms with van der Waals surface area (Å²) < 4.78 is 0. The van der Waals surface area contributed by atoms with Crippen LogP contribution in [-0.4, -0.2) is 88.4 Å². The Kier molecular flexibility index (Phi) is 7.19. The number of aromatic nitrogens is 2. The molecule has 6 atom stereocenters. The van der Waals surface area contributed by atoms with Gasteiger partial charge >= 0.3 is 0 Å². The van der Waals surface area contributed by atoms with E-state index in [4.69, 9.17) is 10.2 Å². The zero-order valence-corrected chi connectivity index (χ0v) is 11.5. The first-order valence-corrected chi connectivity index (χ1v) is 6.45. The van der Waals surface area contributed by atoms with Crippen LogP contribution >= 0.6 is 0 Å². The van der Waals surface area contributed by atoms with Crippen molar-refractivity contribution in [2.45, 2.75) is 36.6 Å². The molecule has 0 aromatic carbocycles. The van der Waals surface area contributed by atoms with Crippen LogP contribution in [0.5, 0.6) is 0 Å². The lowest BCUT2D eigenvalue weighted by Gasteiger charge is -2.22. The molecule has 1 heterocycles. The van der Waals surface area contributed by atoms with Crippen molar-refractivity contribution in [3.05, 3.63) is 23.8 Å². The number of hydrogen-bond acceptors (Lipinski definition) is 10. The predicted molar refractivity (Wildman–Crippen MR) is 70.2 cm³/mol. The number of aliphatic hydroxyl groups excluding tert-OH is 8. The Morgan fingerprint density at radius 2 is 1.00 bits per heavy atom. The maximum Gasteiger partial charge on any atom is 0.126 e. The first-order valence-electron chi connectivity index (χ1n) is 6.45. The lowest BCUT2D eigenvalue weighted by Crippen LogP contribution is -2.36. The molecule has 0 amide bonds. The van der Waals surface area contributed by atoms with Gasteiger partial charge in [-0.1, -0.05) is 0 Å². The average molecular weight is 320 g/mol. The highest BCUT2D eigenvalue weighted by atomic mass is 16.4. The van der Waals surface area contributed by atoms with E-state index >= 15 is 0 Å². The molecular weight excluding hydrogens is 300 g/mol. The van der Waals surface area contributed by atoms with Gasteiger partial charge in [0.25, 0.3) is 0 Å². The van der Waals surface area contributed by atoms with Gasteiger partial charge in [-0.3, -0.25) is 9.97 Å². The van der Waals surface area contributed by atoms with Crippen molar-refractivity contribution in [2.75, 3.05) is 13.2 Å². The number of rotatable bonds is 8. The fraction of sp³-hybridized carbons (Fsp3) is 0.667. The molecule has 0 saturated carbocycles. The molecule has 1 aromatic rings. The molecule has 0 spiro atoms. The fourth-order valence-corrected chi connectivity index (χ4v) is 1.64. The average Bonchev–Trinajstić information content (AvgIpc) is 2.57. The third kappa shape index (κ3) is 4.38. The molecule has 0 fully saturated rings. The SMILES string of the molecule is OC[C@@H](O)[C@@H](O)[C@@H](O)c1cnc([C@H](O)[C@H](O)[C@H](O)CO)cn1. The summed E-state index contributed by atoms with van der Waals surface area (Å²) in [5, 5.41) is 74.4. The fourth-order valence-electron chi connectivity index (χ4n) is 1.64. The summed E-state index contributed by atoms with van der Waals surface area (Å²) in [6, 6.07) is 0. The molecule has 22 heavy (non-hydrogen) atoms. The van der Waals surface area contributed by atoms with Crippen molar-refractivity contribution >= 4 is 0 Å². The smallest absolute Gasteiger partial charge is 0.126 e. The van der Waals surface area contributed by atoms with Crippen LogP contribution in [0.2, 0.25) is 0 Å². The van der Waals surface area contributed by atoms with E-state index in [0.717, 1.165) is 12.4 Å². The molecule has 0 unspecified atom stereocenters. The predicted octanol–water partition coefficient (Wildman–Crippen LogP) is -4.03. The molecule has 0 radical (unpaired) electrons. The van der Waals surface area contributed by atoms with Gasteiger partial charge in [-0.25, -0.2) is 0 Å². The van der Waals surface area contributed by atoms with E-state index in [-0.39, 0.29) is 11.4 Å². The summed E-state index contributed by atoms with van der Waals surface area (Å²) in [6.45, 7) is -1.51. The summed E-state index contributed by atoms with van der Waals surface area (Å²) in [4.78, 5) is 7.45. The zero-order chi connectivity index (χ0) is 16.9. The molecule has 8 N–H and O–H groups in total. The Morgan fingerprint density at radius 1 is 0.682 bits per heavy atom. The van der Waals surface area contributed by atoms with Crippen LogP contribution < -0.4 is 0 Å². The van der Waals surface area contributed by atoms with Crippen LogP contribution in [0.25, 0.3) is 0 Å². The Morgan fingerprint density at radius 3 is 1.23 bits per heavy atom. The minimum atomic E-state index is -1.68. The van der Waals surface area contributed by atoms with Gasteiger partial charge in [0, 0.05) is 0 Å². The standard InChI is InChI=1S/C12H20N2O8/c15-3-7(17)11(21)9(19)5-1-13-6(2-14-5)10(20)12(22)8(18)4-16/h1-2,7-12,15-22H,3-4H2/t7-,8-,9+,10+,11-,12-/m1/s1. The number of aliphatic hydroxyl groups is 8. The van der Waals surface area contributed by atoms with Crippen LogP contribution in [0, 0.1) is 0 Å². The first-order chi connectivity index (χ1) is 10.3. The molecular formula is C12H20N2O8. The van der Waals surface area contributed by atoms with Crippen molar-refractivity contribution in [1.29, 1.82) is 0 Å². The number of hydrogen-bond donors (Lipinski definition) is 8. The van der Waals surface area contributed by atoms with E-state index in [1.165, 1.54) is 0 Å². The lowest BCUT2D eigenvalue weighted by molar-refractivity contribution is -0.0808. The Hall–Kier alpha value is -1.24. The normalized spacial score (nSPS) is 20.0. The summed E-state index contributed by atoms with van der Waals surface area (Å²) >= 11 is 0. The van der Waals surface area contributed by atoms with Crippen LogP contribution in [0.15, 0.2) is 12.4 Å². The van der Waals surface area contributed by atoms with Gasteiger partial charge in [0.2, 0.25) is 0 Å². The van der Waals surface area contributed by atoms with Gasteiger partial charge in [-0.15, -0.1) is 0 Å². The minimum Gasteiger partial charge on any atom is -0.394 e. The third-order valence-electron chi connectivity index (χ3n) is 3.11. The van der Waals surface area contributed by atoms with E-state index < -0.39 is 49.8 Å². The summed E-state index contributed by atoms with van der Waals surface area (Å²) in [5.41, 5.74) is -0.263. The van der Waals surface area contributed by atoms with Crippen molar-refractivity contribution in [3.63, 3.8) is 0 Å². The first kappa shape index (κ1) is 18.8. The van der Waals surface area contributed by atoms with Crippen molar-refractivity contribution in [3.8, 4) is 0 Å². The van der Waals surface area contributed by atoms with Crippen LogP contribution in [0.4, 0.5) is 0 Å². The molecule has 126 valence electrons. The quantitative estimate of drug-likeness (QED) is 0.234. The Bertz CT molecular complexity index is 404. The van der Waals surface area contributed by atoms with Gasteiger partial charge in [-0.2, -0.15) is 0 Å². The van der Waals surface area contributed by atoms with E-state index in [1.54, 1.807) is 0 Å². The highest BCUT2D eigenvalue weighted by Gasteiger charge is 2.29. The Labute approximate surface area is 125 Å². The van der Waals surface area contributed by atoms with Gasteiger partial charge in [0.05, 0.1) is 37.0 Å². The van der Waals surface area contributed by atoms with E-state index in [2.05, 4.69) is 9.97 Å². The molecule has 10 nitrogen and oxygen atoms in total. The third-order valence-corrected chi connectivity index (χ3v) is 3.11. The molecule has 10 heteroatoms. The van der Waals surface area contributed by atoms with E-state index in [1.807, 2.05) is 0 Å². The molecule has 1 rings (SSSR count). The monoisotopic (exact) mass is 320 g/mol. The summed E-state index contributed by atoms with van der Waals surface area (Å²) in [5.74, 6) is 0. The largest absolute Gasteiger partial charge is 0.394 e. The topological polar surface area (TPSA) is 188 Å². The maximum atomic E-state index is 9.75. The van der Waals surface area contributed by atoms with Crippen LogP contribution in [0.3, 0.4) is 0 Å². The second kappa shape index (κ2) is 8.41. The second-order valence-corrected chi connectivity index (χ2v) is 4.74. The van der Waals surface area contributed by atoms with Crippen molar-refractivity contribution in [2.24, 2.45) is 0 Å². The lowest BCUT2D eigenvalue weighted by atomic mass is 10.0. The zero-order valence-electron chi connectivity index (χ0n) is 11.5. The highest BCUT2D eigenvalue weighted by Crippen LogP contribution is 2.20. The minimum absolute atomic E-state index is 0.131. The van der Waals surface area contributed by atoms with Gasteiger partial charge in [0.1, 0.15) is 36.6 Å². The highest BCUT2D eigenvalue weighted by molar-refractivity contribution is 5.10. The molecule has 1 aromatic heterocycles. The van der Waals surface area contributed by atoms with Gasteiger partial charge in [0.15, 0.2) is 0 Å². The molecule has 0 aliphatic carbocycles. The summed E-state index contributed by atoms with van der Waals surface area (Å²) in [7, 11) is 0. The van der Waals surface area contributed by atoms with Gasteiger partial charge in [-0.05, 0) is 0 Å². The summed E-state index contributed by atoms with van der Waals surface area (Å²) in [6.07, 6.45) is -7.74. The van der Waals surface area contributed by atoms with E-state index in [0.29, 0.717) is 0 Å². The number of nitrogens with zero attached hydrogens (tertiary/aromatic N) is 2. The van der Waals surface area contributed by atoms with Crippen molar-refractivity contribution < 1.29 is 40.9 Å². The van der Waals surface area contributed by atoms with Crippen LogP contribution in [-0.2, 0) is 0 Å². The molecule has 0 aliphatic rings. The Balaban J connectivity index is 2.82. The van der Waals surface area contributed by atoms with Crippen LogP contribution in [0.1, 0.15) is 23.6 Å². The molecule has 0 saturated heterocycles. The van der Waals surface area contributed by atoms with E-state index in [9.17, 15) is 30.6 Å². The maximum absolute atomic E-state index is 9.75. The van der Waals surface area contributed by atoms with Crippen molar-refractivity contribution in [1.82, 2.24) is 9.97 Å². The second-order valence-electron chi connectivity index (χ2n) is 4.74. The van der Waals surface area contributed by atoms with Gasteiger partial charge < -0.3 is 40.9 Å². The molecule has 0 aliphatic heterocycles.